The second-order valence-corrected chi connectivity index (χ2v) is 4.99. The quantitative estimate of drug-likeness (QED) is 0.325. The molecule has 0 bridgehead atoms. The molecule has 80 valence electrons. The van der Waals surface area contributed by atoms with Crippen LogP contribution in [0.1, 0.15) is 0 Å². The van der Waals surface area contributed by atoms with E-state index in [1.54, 1.807) is 0 Å². The van der Waals surface area contributed by atoms with E-state index in [9.17, 15) is 0 Å². The lowest BCUT2D eigenvalue weighted by Crippen LogP contribution is -1.83. The Morgan fingerprint density at radius 3 is 1.65 bits per heavy atom. The van der Waals surface area contributed by atoms with Crippen molar-refractivity contribution in [2.75, 3.05) is 0 Å². The van der Waals surface area contributed by atoms with Crippen molar-refractivity contribution >= 4 is 44.9 Å². The molecule has 0 heterocycles. The molecule has 1 heteroatoms. The van der Waals surface area contributed by atoms with Crippen LogP contribution in [0.15, 0.2) is 59.5 Å². The number of benzene rings is 4. The summed E-state index contributed by atoms with van der Waals surface area (Å²) in [4.78, 5) is 1.02. The molecule has 0 saturated carbocycles. The molecule has 0 aliphatic heterocycles. The van der Waals surface area contributed by atoms with Crippen molar-refractivity contribution in [3.63, 3.8) is 0 Å². The van der Waals surface area contributed by atoms with Gasteiger partial charge in [-0.1, -0.05) is 42.5 Å². The third-order valence-corrected chi connectivity index (χ3v) is 3.71. The molecule has 0 aromatic heterocycles. The molecule has 0 spiro atoms. The van der Waals surface area contributed by atoms with Crippen LogP contribution in [0.4, 0.5) is 0 Å². The topological polar surface area (TPSA) is 0 Å². The van der Waals surface area contributed by atoms with E-state index in [0.29, 0.717) is 0 Å². The van der Waals surface area contributed by atoms with Crippen LogP contribution in [-0.4, -0.2) is 0 Å². The Hall–Kier alpha value is -1.73. The summed E-state index contributed by atoms with van der Waals surface area (Å²) in [5.74, 6) is 0. The van der Waals surface area contributed by atoms with Gasteiger partial charge >= 0.3 is 0 Å². The first-order valence-electron chi connectivity index (χ1n) is 5.69. The van der Waals surface area contributed by atoms with Gasteiger partial charge in [0.15, 0.2) is 0 Å². The van der Waals surface area contributed by atoms with Gasteiger partial charge < -0.3 is 0 Å². The zero-order valence-electron chi connectivity index (χ0n) is 9.14. The van der Waals surface area contributed by atoms with E-state index in [1.807, 2.05) is 0 Å². The Labute approximate surface area is 105 Å². The molecule has 0 N–H and O–H groups in total. The van der Waals surface area contributed by atoms with Gasteiger partial charge in [0.1, 0.15) is 0 Å². The second kappa shape index (κ2) is 3.14. The molecule has 17 heavy (non-hydrogen) atoms. The minimum atomic E-state index is 1.02. The number of hydrogen-bond acceptors (Lipinski definition) is 1. The number of rotatable bonds is 0. The van der Waals surface area contributed by atoms with E-state index in [0.717, 1.165) is 4.90 Å². The largest absolute Gasteiger partial charge is 0.143 e. The standard InChI is InChI=1S/C16H10S/c17-14-8-12-6-4-10-2-1-3-11-5-7-13(9-14)16(12)15(10)11/h1-9,17H. The highest BCUT2D eigenvalue weighted by molar-refractivity contribution is 7.80. The second-order valence-electron chi connectivity index (χ2n) is 4.48. The smallest absolute Gasteiger partial charge is 0.00523 e. The highest BCUT2D eigenvalue weighted by atomic mass is 32.1. The molecule has 0 aliphatic carbocycles. The molecule has 0 saturated heterocycles. The Morgan fingerprint density at radius 1 is 0.588 bits per heavy atom. The van der Waals surface area contributed by atoms with Gasteiger partial charge in [0.2, 0.25) is 0 Å². The summed E-state index contributed by atoms with van der Waals surface area (Å²) in [6, 6.07) is 19.5. The van der Waals surface area contributed by atoms with Crippen LogP contribution in [0.2, 0.25) is 0 Å². The lowest BCUT2D eigenvalue weighted by Gasteiger charge is -2.10. The third kappa shape index (κ3) is 1.20. The van der Waals surface area contributed by atoms with Gasteiger partial charge in [0.25, 0.3) is 0 Å². The summed E-state index contributed by atoms with van der Waals surface area (Å²) < 4.78 is 0. The maximum absolute atomic E-state index is 4.47. The maximum atomic E-state index is 4.47. The van der Waals surface area contributed by atoms with E-state index in [4.69, 9.17) is 0 Å². The molecule has 0 atom stereocenters. The van der Waals surface area contributed by atoms with Gasteiger partial charge in [0, 0.05) is 4.90 Å². The van der Waals surface area contributed by atoms with Crippen LogP contribution >= 0.6 is 12.6 Å². The van der Waals surface area contributed by atoms with Gasteiger partial charge in [-0.05, 0) is 44.5 Å². The van der Waals surface area contributed by atoms with Gasteiger partial charge in [-0.3, -0.25) is 0 Å². The van der Waals surface area contributed by atoms with Crippen molar-refractivity contribution in [2.45, 2.75) is 4.90 Å². The van der Waals surface area contributed by atoms with Gasteiger partial charge in [-0.2, -0.15) is 0 Å². The molecule has 0 radical (unpaired) electrons. The van der Waals surface area contributed by atoms with Gasteiger partial charge in [0.05, 0.1) is 0 Å². The van der Waals surface area contributed by atoms with Crippen LogP contribution < -0.4 is 0 Å². The molecule has 0 nitrogen and oxygen atoms in total. The van der Waals surface area contributed by atoms with E-state index >= 15 is 0 Å². The normalized spacial score (nSPS) is 11.8. The van der Waals surface area contributed by atoms with Crippen LogP contribution in [0.3, 0.4) is 0 Å². The summed E-state index contributed by atoms with van der Waals surface area (Å²) in [5, 5.41) is 7.91. The Balaban J connectivity index is 2.45. The summed E-state index contributed by atoms with van der Waals surface area (Å²) in [6.45, 7) is 0. The van der Waals surface area contributed by atoms with Crippen LogP contribution in [0.25, 0.3) is 32.3 Å². The van der Waals surface area contributed by atoms with E-state index in [1.165, 1.54) is 32.3 Å². The van der Waals surface area contributed by atoms with Crippen molar-refractivity contribution < 1.29 is 0 Å². The van der Waals surface area contributed by atoms with Crippen molar-refractivity contribution in [1.82, 2.24) is 0 Å². The summed E-state index contributed by atoms with van der Waals surface area (Å²) >= 11 is 4.47. The Morgan fingerprint density at radius 2 is 1.06 bits per heavy atom. The van der Waals surface area contributed by atoms with Crippen LogP contribution in [0.5, 0.6) is 0 Å². The van der Waals surface area contributed by atoms with Crippen molar-refractivity contribution in [2.24, 2.45) is 0 Å². The fourth-order valence-electron chi connectivity index (χ4n) is 2.74. The SMILES string of the molecule is Sc1cc2ccc3cccc4ccc(c1)c2c34. The monoisotopic (exact) mass is 234 g/mol. The minimum Gasteiger partial charge on any atom is -0.143 e. The minimum absolute atomic E-state index is 1.02. The van der Waals surface area contributed by atoms with Gasteiger partial charge in [-0.25, -0.2) is 0 Å². The molecule has 0 aliphatic rings. The predicted molar refractivity (Wildman–Crippen MR) is 77.4 cm³/mol. The zero-order valence-corrected chi connectivity index (χ0v) is 10.0. The third-order valence-electron chi connectivity index (χ3n) is 3.45. The lowest BCUT2D eigenvalue weighted by molar-refractivity contribution is 1.56. The highest BCUT2D eigenvalue weighted by Crippen LogP contribution is 2.35. The number of hydrogen-bond donors (Lipinski definition) is 1. The highest BCUT2D eigenvalue weighted by Gasteiger charge is 2.07. The maximum Gasteiger partial charge on any atom is 0.00523 e. The van der Waals surface area contributed by atoms with Crippen LogP contribution in [-0.2, 0) is 0 Å². The zero-order chi connectivity index (χ0) is 11.4. The average molecular weight is 234 g/mol. The summed E-state index contributed by atoms with van der Waals surface area (Å²) in [6.07, 6.45) is 0. The first-order chi connectivity index (χ1) is 8.33. The fourth-order valence-corrected chi connectivity index (χ4v) is 3.02. The molecule has 4 aromatic carbocycles. The van der Waals surface area contributed by atoms with E-state index in [2.05, 4.69) is 67.2 Å². The summed E-state index contributed by atoms with van der Waals surface area (Å²) in [5.41, 5.74) is 0. The molecule has 4 rings (SSSR count). The first kappa shape index (κ1) is 9.32. The molecule has 0 unspecified atom stereocenters. The first-order valence-corrected chi connectivity index (χ1v) is 6.14. The van der Waals surface area contributed by atoms with Gasteiger partial charge in [-0.15, -0.1) is 12.6 Å². The number of thiol groups is 1. The Bertz CT molecular complexity index is 782. The van der Waals surface area contributed by atoms with E-state index in [-0.39, 0.29) is 0 Å². The summed E-state index contributed by atoms with van der Waals surface area (Å²) in [7, 11) is 0. The molecule has 0 amide bonds. The fraction of sp³-hybridized carbons (Fsp3) is 0. The van der Waals surface area contributed by atoms with Crippen molar-refractivity contribution in [1.29, 1.82) is 0 Å². The van der Waals surface area contributed by atoms with Crippen LogP contribution in [0, 0.1) is 0 Å². The molecule has 0 fully saturated rings. The Kier molecular flexibility index (Phi) is 1.72. The lowest BCUT2D eigenvalue weighted by atomic mass is 9.94. The molecular weight excluding hydrogens is 224 g/mol. The van der Waals surface area contributed by atoms with E-state index < -0.39 is 0 Å². The predicted octanol–water partition coefficient (Wildman–Crippen LogP) is 4.87. The molecular formula is C16H10S. The van der Waals surface area contributed by atoms with Crippen molar-refractivity contribution in [3.8, 4) is 0 Å². The van der Waals surface area contributed by atoms with Crippen molar-refractivity contribution in [3.05, 3.63) is 54.6 Å². The average Bonchev–Trinajstić information content (AvgIpc) is 2.35. The molecule has 4 aromatic rings.